The molecule has 0 aromatic carbocycles. The summed E-state index contributed by atoms with van der Waals surface area (Å²) in [5, 5.41) is 2.97. The number of nitrogens with one attached hydrogen (secondary N) is 2. The number of rotatable bonds is 7. The lowest BCUT2D eigenvalue weighted by atomic mass is 10.3. The summed E-state index contributed by atoms with van der Waals surface area (Å²) in [5.41, 5.74) is 0.351. The van der Waals surface area contributed by atoms with Crippen molar-refractivity contribution in [3.8, 4) is 0 Å². The van der Waals surface area contributed by atoms with Crippen molar-refractivity contribution in [3.63, 3.8) is 0 Å². The molecule has 0 bridgehead atoms. The second-order valence-electron chi connectivity index (χ2n) is 3.64. The van der Waals surface area contributed by atoms with Crippen LogP contribution >= 0.6 is 0 Å². The Bertz CT molecular complexity index is 494. The number of carbonyl (C=O) groups excluding carboxylic acids is 1. The van der Waals surface area contributed by atoms with Gasteiger partial charge in [0.15, 0.2) is 0 Å². The van der Waals surface area contributed by atoms with Crippen molar-refractivity contribution < 1.29 is 22.4 Å². The van der Waals surface area contributed by atoms with Crippen LogP contribution in [0.5, 0.6) is 0 Å². The van der Waals surface area contributed by atoms with Crippen LogP contribution in [0.1, 0.15) is 16.1 Å². The molecule has 8 heteroatoms. The van der Waals surface area contributed by atoms with Crippen LogP contribution in [0, 0.1) is 0 Å². The van der Waals surface area contributed by atoms with E-state index in [1.54, 1.807) is 6.07 Å². The summed E-state index contributed by atoms with van der Waals surface area (Å²) in [6, 6.07) is 1.57. The molecule has 0 unspecified atom stereocenters. The summed E-state index contributed by atoms with van der Waals surface area (Å²) >= 11 is 0. The molecule has 0 atom stereocenters. The molecule has 0 radical (unpaired) electrons. The molecule has 0 saturated carbocycles. The predicted molar refractivity (Wildman–Crippen MR) is 64.6 cm³/mol. The van der Waals surface area contributed by atoms with Crippen molar-refractivity contribution in [3.05, 3.63) is 23.7 Å². The molecule has 0 aliphatic carbocycles. The molecule has 102 valence electrons. The van der Waals surface area contributed by atoms with Gasteiger partial charge in [0, 0.05) is 13.1 Å². The van der Waals surface area contributed by atoms with Gasteiger partial charge in [-0.1, -0.05) is 0 Å². The highest BCUT2D eigenvalue weighted by Crippen LogP contribution is 2.08. The molecular formula is C10H16N2O5S. The van der Waals surface area contributed by atoms with Gasteiger partial charge in [0.2, 0.25) is 10.0 Å². The Labute approximate surface area is 106 Å². The minimum absolute atomic E-state index is 0.295. The molecule has 2 N–H and O–H groups in total. The highest BCUT2D eigenvalue weighted by molar-refractivity contribution is 7.88. The number of hydrogen-bond donors (Lipinski definition) is 2. The lowest BCUT2D eigenvalue weighted by Crippen LogP contribution is -2.30. The van der Waals surface area contributed by atoms with Crippen LogP contribution < -0.4 is 10.0 Å². The Morgan fingerprint density at radius 2 is 2.17 bits per heavy atom. The van der Waals surface area contributed by atoms with Crippen molar-refractivity contribution in [1.29, 1.82) is 0 Å². The van der Waals surface area contributed by atoms with Crippen LogP contribution in [0.15, 0.2) is 16.7 Å². The normalized spacial score (nSPS) is 11.4. The maximum absolute atomic E-state index is 11.1. The highest BCUT2D eigenvalue weighted by Gasteiger charge is 2.09. The number of hydrogen-bond acceptors (Lipinski definition) is 6. The molecule has 1 rings (SSSR count). The zero-order valence-electron chi connectivity index (χ0n) is 10.2. The maximum Gasteiger partial charge on any atom is 0.341 e. The zero-order valence-corrected chi connectivity index (χ0v) is 11.0. The van der Waals surface area contributed by atoms with Gasteiger partial charge in [0.05, 0.1) is 25.5 Å². The zero-order chi connectivity index (χ0) is 13.6. The summed E-state index contributed by atoms with van der Waals surface area (Å²) in [5.74, 6) is 0.124. The van der Waals surface area contributed by atoms with E-state index >= 15 is 0 Å². The van der Waals surface area contributed by atoms with E-state index in [1.807, 2.05) is 0 Å². The van der Waals surface area contributed by atoms with E-state index in [0.29, 0.717) is 31.0 Å². The minimum atomic E-state index is -3.15. The van der Waals surface area contributed by atoms with Crippen LogP contribution in [0.2, 0.25) is 0 Å². The van der Waals surface area contributed by atoms with Gasteiger partial charge in [-0.15, -0.1) is 0 Å². The first-order valence-electron chi connectivity index (χ1n) is 5.23. The third kappa shape index (κ3) is 5.30. The standard InChI is InChI=1S/C10H16N2O5S/c1-16-10(13)8-5-9(17-7-8)6-11-3-4-12-18(2,14)15/h5,7,11-12H,3-4,6H2,1-2H3. The first-order chi connectivity index (χ1) is 8.42. The summed E-state index contributed by atoms with van der Waals surface area (Å²) in [6.07, 6.45) is 2.42. The van der Waals surface area contributed by atoms with Gasteiger partial charge in [-0.25, -0.2) is 17.9 Å². The summed E-state index contributed by atoms with van der Waals surface area (Å²) in [4.78, 5) is 11.1. The van der Waals surface area contributed by atoms with Gasteiger partial charge < -0.3 is 14.5 Å². The Morgan fingerprint density at radius 3 is 2.78 bits per heavy atom. The van der Waals surface area contributed by atoms with E-state index in [9.17, 15) is 13.2 Å². The molecule has 0 amide bonds. The number of sulfonamides is 1. The Morgan fingerprint density at radius 1 is 1.44 bits per heavy atom. The third-order valence-electron chi connectivity index (χ3n) is 2.04. The average Bonchev–Trinajstić information content (AvgIpc) is 2.75. The monoisotopic (exact) mass is 276 g/mol. The fraction of sp³-hybridized carbons (Fsp3) is 0.500. The molecule has 0 spiro atoms. The molecular weight excluding hydrogens is 260 g/mol. The van der Waals surface area contributed by atoms with Gasteiger partial charge in [0.25, 0.3) is 0 Å². The summed E-state index contributed by atoms with van der Waals surface area (Å²) in [6.45, 7) is 1.16. The van der Waals surface area contributed by atoms with Gasteiger partial charge in [-0.05, 0) is 6.07 Å². The summed E-state index contributed by atoms with van der Waals surface area (Å²) in [7, 11) is -1.86. The Balaban J connectivity index is 2.28. The lowest BCUT2D eigenvalue weighted by Gasteiger charge is -2.03. The topological polar surface area (TPSA) is 97.6 Å². The fourth-order valence-corrected chi connectivity index (χ4v) is 1.71. The molecule has 0 saturated heterocycles. The first kappa shape index (κ1) is 14.7. The third-order valence-corrected chi connectivity index (χ3v) is 2.77. The molecule has 18 heavy (non-hydrogen) atoms. The second kappa shape index (κ2) is 6.53. The van der Waals surface area contributed by atoms with Crippen LogP contribution in [-0.4, -0.2) is 40.8 Å². The SMILES string of the molecule is COC(=O)c1coc(CNCCNS(C)(=O)=O)c1. The highest BCUT2D eigenvalue weighted by atomic mass is 32.2. The lowest BCUT2D eigenvalue weighted by molar-refractivity contribution is 0.0600. The minimum Gasteiger partial charge on any atom is -0.467 e. The molecule has 0 aliphatic rings. The molecule has 0 aliphatic heterocycles. The van der Waals surface area contributed by atoms with Crippen LogP contribution in [0.3, 0.4) is 0 Å². The Kier molecular flexibility index (Phi) is 5.32. The van der Waals surface area contributed by atoms with E-state index < -0.39 is 16.0 Å². The largest absolute Gasteiger partial charge is 0.467 e. The number of furan rings is 1. The number of methoxy groups -OCH3 is 1. The van der Waals surface area contributed by atoms with Gasteiger partial charge in [-0.3, -0.25) is 0 Å². The second-order valence-corrected chi connectivity index (χ2v) is 5.47. The quantitative estimate of drug-likeness (QED) is 0.524. The van der Waals surface area contributed by atoms with Crippen LogP contribution in [0.25, 0.3) is 0 Å². The molecule has 1 aromatic heterocycles. The van der Waals surface area contributed by atoms with Crippen molar-refractivity contribution in [2.75, 3.05) is 26.5 Å². The van der Waals surface area contributed by atoms with E-state index in [1.165, 1.54) is 13.4 Å². The van der Waals surface area contributed by atoms with Crippen molar-refractivity contribution in [2.45, 2.75) is 6.54 Å². The fourth-order valence-electron chi connectivity index (χ4n) is 1.23. The van der Waals surface area contributed by atoms with Gasteiger partial charge in [0.1, 0.15) is 12.0 Å². The first-order valence-corrected chi connectivity index (χ1v) is 7.12. The van der Waals surface area contributed by atoms with E-state index in [4.69, 9.17) is 4.42 Å². The van der Waals surface area contributed by atoms with Crippen molar-refractivity contribution in [2.24, 2.45) is 0 Å². The number of esters is 1. The van der Waals surface area contributed by atoms with E-state index in [-0.39, 0.29) is 0 Å². The van der Waals surface area contributed by atoms with Crippen molar-refractivity contribution >= 4 is 16.0 Å². The Hall–Kier alpha value is -1.38. The van der Waals surface area contributed by atoms with Crippen LogP contribution in [0.4, 0.5) is 0 Å². The van der Waals surface area contributed by atoms with E-state index in [2.05, 4.69) is 14.8 Å². The molecule has 1 heterocycles. The molecule has 0 fully saturated rings. The number of ether oxygens (including phenoxy) is 1. The van der Waals surface area contributed by atoms with Gasteiger partial charge >= 0.3 is 5.97 Å². The van der Waals surface area contributed by atoms with E-state index in [0.717, 1.165) is 6.26 Å². The van der Waals surface area contributed by atoms with Crippen LogP contribution in [-0.2, 0) is 21.3 Å². The van der Waals surface area contributed by atoms with Gasteiger partial charge in [-0.2, -0.15) is 0 Å². The predicted octanol–water partition coefficient (Wildman–Crippen LogP) is -0.295. The average molecular weight is 276 g/mol. The maximum atomic E-state index is 11.1. The summed E-state index contributed by atoms with van der Waals surface area (Å²) < 4.78 is 33.5. The number of carbonyl (C=O) groups is 1. The van der Waals surface area contributed by atoms with Crippen molar-refractivity contribution in [1.82, 2.24) is 10.0 Å². The smallest absolute Gasteiger partial charge is 0.341 e. The molecule has 1 aromatic rings. The molecule has 7 nitrogen and oxygen atoms in total.